The quantitative estimate of drug-likeness (QED) is 0.829. The predicted molar refractivity (Wildman–Crippen MR) is 90.3 cm³/mol. The lowest BCUT2D eigenvalue weighted by Gasteiger charge is -2.33. The van der Waals surface area contributed by atoms with Crippen molar-refractivity contribution in [2.75, 3.05) is 17.6 Å². The highest BCUT2D eigenvalue weighted by molar-refractivity contribution is 9.10. The summed E-state index contributed by atoms with van der Waals surface area (Å²) in [4.78, 5) is 4.74. The monoisotopic (exact) mass is 340 g/mol. The first-order chi connectivity index (χ1) is 9.10. The van der Waals surface area contributed by atoms with Crippen molar-refractivity contribution in [2.24, 2.45) is 10.4 Å². The van der Waals surface area contributed by atoms with E-state index in [2.05, 4.69) is 60.2 Å². The molecule has 104 valence electrons. The summed E-state index contributed by atoms with van der Waals surface area (Å²) in [5, 5.41) is 4.49. The Balaban J connectivity index is 2.09. The van der Waals surface area contributed by atoms with Gasteiger partial charge in [0.1, 0.15) is 0 Å². The van der Waals surface area contributed by atoms with Gasteiger partial charge in [-0.3, -0.25) is 4.99 Å². The summed E-state index contributed by atoms with van der Waals surface area (Å²) < 4.78 is 1.13. The second-order valence-electron chi connectivity index (χ2n) is 5.18. The van der Waals surface area contributed by atoms with Gasteiger partial charge in [0.15, 0.2) is 5.17 Å². The first-order valence-corrected chi connectivity index (χ1v) is 8.57. The third-order valence-electron chi connectivity index (χ3n) is 4.01. The molecule has 19 heavy (non-hydrogen) atoms. The molecule has 2 rings (SSSR count). The average Bonchev–Trinajstić information content (AvgIpc) is 2.45. The lowest BCUT2D eigenvalue weighted by molar-refractivity contribution is 0.318. The zero-order chi connectivity index (χ0) is 13.9. The topological polar surface area (TPSA) is 24.4 Å². The molecular weight excluding hydrogens is 320 g/mol. The minimum atomic E-state index is 0.402. The molecule has 1 heterocycles. The highest BCUT2D eigenvalue weighted by atomic mass is 79.9. The molecule has 0 fully saturated rings. The summed E-state index contributed by atoms with van der Waals surface area (Å²) in [6.45, 7) is 7.59. The van der Waals surface area contributed by atoms with Gasteiger partial charge in [0.25, 0.3) is 0 Å². The van der Waals surface area contributed by atoms with E-state index in [1.807, 2.05) is 11.8 Å². The van der Waals surface area contributed by atoms with Gasteiger partial charge in [-0.25, -0.2) is 0 Å². The van der Waals surface area contributed by atoms with Crippen LogP contribution in [0.15, 0.2) is 27.7 Å². The Morgan fingerprint density at radius 2 is 2.11 bits per heavy atom. The summed E-state index contributed by atoms with van der Waals surface area (Å²) in [6.07, 6.45) is 2.42. The first-order valence-electron chi connectivity index (χ1n) is 6.79. The minimum absolute atomic E-state index is 0.402. The van der Waals surface area contributed by atoms with E-state index >= 15 is 0 Å². The van der Waals surface area contributed by atoms with E-state index in [1.165, 1.54) is 18.4 Å². The van der Waals surface area contributed by atoms with E-state index in [-0.39, 0.29) is 0 Å². The van der Waals surface area contributed by atoms with Crippen LogP contribution in [0.3, 0.4) is 0 Å². The van der Waals surface area contributed by atoms with E-state index < -0.39 is 0 Å². The molecule has 0 amide bonds. The molecule has 0 aromatic heterocycles. The van der Waals surface area contributed by atoms with Gasteiger partial charge in [0.05, 0.1) is 5.69 Å². The number of nitrogens with one attached hydrogen (secondary N) is 1. The zero-order valence-corrected chi connectivity index (χ0v) is 14.2. The second-order valence-corrected chi connectivity index (χ2v) is 6.94. The zero-order valence-electron chi connectivity index (χ0n) is 11.8. The molecule has 0 unspecified atom stereocenters. The molecular formula is C15H21BrN2S. The summed E-state index contributed by atoms with van der Waals surface area (Å²) in [5.74, 6) is 1.16. The Kier molecular flexibility index (Phi) is 4.96. The first kappa shape index (κ1) is 14.9. The van der Waals surface area contributed by atoms with Gasteiger partial charge < -0.3 is 5.32 Å². The number of thioether (sulfide) groups is 1. The van der Waals surface area contributed by atoms with Gasteiger partial charge in [-0.05, 0) is 52.7 Å². The van der Waals surface area contributed by atoms with Crippen molar-refractivity contribution in [2.45, 2.75) is 33.6 Å². The number of rotatable bonds is 3. The number of benzene rings is 1. The smallest absolute Gasteiger partial charge is 0.161 e. The third kappa shape index (κ3) is 3.34. The maximum absolute atomic E-state index is 4.74. The van der Waals surface area contributed by atoms with E-state index in [0.717, 1.165) is 27.6 Å². The molecule has 4 heteroatoms. The van der Waals surface area contributed by atoms with Gasteiger partial charge in [-0.15, -0.1) is 0 Å². The third-order valence-corrected chi connectivity index (χ3v) is 6.32. The molecule has 0 saturated heterocycles. The number of anilines is 1. The summed E-state index contributed by atoms with van der Waals surface area (Å²) in [6, 6.07) is 6.25. The van der Waals surface area contributed by atoms with Crippen LogP contribution in [0.25, 0.3) is 0 Å². The number of aryl methyl sites for hydroxylation is 1. The highest BCUT2D eigenvalue weighted by Crippen LogP contribution is 2.36. The van der Waals surface area contributed by atoms with Crippen LogP contribution in [0, 0.1) is 12.3 Å². The number of nitrogens with zero attached hydrogens (tertiary/aromatic N) is 1. The number of amidine groups is 1. The molecule has 0 spiro atoms. The average molecular weight is 341 g/mol. The molecule has 0 aliphatic carbocycles. The molecule has 0 saturated carbocycles. The van der Waals surface area contributed by atoms with Crippen LogP contribution in [0.5, 0.6) is 0 Å². The lowest BCUT2D eigenvalue weighted by Crippen LogP contribution is -2.32. The van der Waals surface area contributed by atoms with Crippen LogP contribution in [0.1, 0.15) is 32.3 Å². The van der Waals surface area contributed by atoms with E-state index in [0.29, 0.717) is 5.41 Å². The minimum Gasteiger partial charge on any atom is -0.334 e. The van der Waals surface area contributed by atoms with Gasteiger partial charge in [-0.1, -0.05) is 37.7 Å². The summed E-state index contributed by atoms with van der Waals surface area (Å²) >= 11 is 5.48. The summed E-state index contributed by atoms with van der Waals surface area (Å²) in [5.41, 5.74) is 2.74. The van der Waals surface area contributed by atoms with Gasteiger partial charge in [0.2, 0.25) is 0 Å². The molecule has 1 aromatic rings. The van der Waals surface area contributed by atoms with Crippen LogP contribution < -0.4 is 5.32 Å². The molecule has 1 aliphatic heterocycles. The van der Waals surface area contributed by atoms with E-state index in [4.69, 9.17) is 4.99 Å². The van der Waals surface area contributed by atoms with Gasteiger partial charge >= 0.3 is 0 Å². The standard InChI is InChI=1S/C15H21BrN2S/c1-4-15(5-2)9-17-14(19-10-15)18-12-8-6-7-11(3)13(12)16/h6-8H,4-5,9-10H2,1-3H3,(H,17,18). The van der Waals surface area contributed by atoms with Crippen LogP contribution in [-0.2, 0) is 0 Å². The molecule has 0 atom stereocenters. The van der Waals surface area contributed by atoms with Crippen molar-refractivity contribution in [3.63, 3.8) is 0 Å². The Morgan fingerprint density at radius 1 is 1.37 bits per heavy atom. The number of hydrogen-bond donors (Lipinski definition) is 1. The van der Waals surface area contributed by atoms with Gasteiger partial charge in [0, 0.05) is 16.8 Å². The fraction of sp³-hybridized carbons (Fsp3) is 0.533. The summed E-state index contributed by atoms with van der Waals surface area (Å²) in [7, 11) is 0. The predicted octanol–water partition coefficient (Wildman–Crippen LogP) is 5.08. The van der Waals surface area contributed by atoms with Crippen molar-refractivity contribution in [1.29, 1.82) is 0 Å². The maximum atomic E-state index is 4.74. The van der Waals surface area contributed by atoms with Gasteiger partial charge in [-0.2, -0.15) is 0 Å². The Labute approximate surface area is 128 Å². The molecule has 0 radical (unpaired) electrons. The van der Waals surface area contributed by atoms with Crippen molar-refractivity contribution in [3.8, 4) is 0 Å². The number of aliphatic imine (C=N–C) groups is 1. The number of halogens is 1. The largest absolute Gasteiger partial charge is 0.334 e. The number of hydrogen-bond acceptors (Lipinski definition) is 3. The molecule has 1 aliphatic rings. The van der Waals surface area contributed by atoms with Crippen LogP contribution >= 0.6 is 27.7 Å². The highest BCUT2D eigenvalue weighted by Gasteiger charge is 2.30. The normalized spacial score (nSPS) is 18.0. The molecule has 2 nitrogen and oxygen atoms in total. The molecule has 1 N–H and O–H groups in total. The maximum Gasteiger partial charge on any atom is 0.161 e. The van der Waals surface area contributed by atoms with E-state index in [9.17, 15) is 0 Å². The fourth-order valence-electron chi connectivity index (χ4n) is 2.16. The Hall–Kier alpha value is -0.480. The SMILES string of the molecule is CCC1(CC)CN=C(Nc2cccc(C)c2Br)SC1. The Morgan fingerprint density at radius 3 is 2.68 bits per heavy atom. The lowest BCUT2D eigenvalue weighted by atomic mass is 9.84. The van der Waals surface area contributed by atoms with Crippen LogP contribution in [-0.4, -0.2) is 17.5 Å². The van der Waals surface area contributed by atoms with Crippen LogP contribution in [0.4, 0.5) is 5.69 Å². The van der Waals surface area contributed by atoms with E-state index in [1.54, 1.807) is 0 Å². The van der Waals surface area contributed by atoms with Crippen molar-refractivity contribution in [3.05, 3.63) is 28.2 Å². The van der Waals surface area contributed by atoms with Crippen molar-refractivity contribution < 1.29 is 0 Å². The van der Waals surface area contributed by atoms with Crippen molar-refractivity contribution >= 4 is 38.5 Å². The molecule has 0 bridgehead atoms. The Bertz CT molecular complexity index is 481. The molecule has 1 aromatic carbocycles. The van der Waals surface area contributed by atoms with Crippen molar-refractivity contribution in [1.82, 2.24) is 0 Å². The van der Waals surface area contributed by atoms with Crippen LogP contribution in [0.2, 0.25) is 0 Å². The fourth-order valence-corrected chi connectivity index (χ4v) is 3.81. The second kappa shape index (κ2) is 6.31.